The summed E-state index contributed by atoms with van der Waals surface area (Å²) >= 11 is 0. The number of hydrogen-bond acceptors (Lipinski definition) is 7. The molecule has 162 valence electrons. The number of rotatable bonds is 7. The van der Waals surface area contributed by atoms with Gasteiger partial charge in [-0.15, -0.1) is 10.2 Å². The van der Waals surface area contributed by atoms with E-state index in [0.717, 1.165) is 5.69 Å². The second-order valence-corrected chi connectivity index (χ2v) is 7.09. The highest BCUT2D eigenvalue weighted by Crippen LogP contribution is 2.17. The molecule has 0 spiro atoms. The maximum atomic E-state index is 13.9. The molecule has 9 nitrogen and oxygen atoms in total. The van der Waals surface area contributed by atoms with Crippen LogP contribution in [0.25, 0.3) is 11.5 Å². The molecule has 0 aliphatic rings. The van der Waals surface area contributed by atoms with Crippen molar-refractivity contribution in [2.45, 2.75) is 19.5 Å². The molecule has 32 heavy (non-hydrogen) atoms. The molecule has 0 aliphatic heterocycles. The number of benzene rings is 1. The van der Waals surface area contributed by atoms with Crippen LogP contribution in [0.5, 0.6) is 0 Å². The summed E-state index contributed by atoms with van der Waals surface area (Å²) in [7, 11) is 1.86. The Morgan fingerprint density at radius 3 is 2.78 bits per heavy atom. The van der Waals surface area contributed by atoms with E-state index in [1.165, 1.54) is 24.7 Å². The largest absolute Gasteiger partial charge is 0.378 e. The van der Waals surface area contributed by atoms with Crippen LogP contribution >= 0.6 is 0 Å². The molecule has 10 heteroatoms. The number of hydrogen-bond donors (Lipinski definition) is 2. The van der Waals surface area contributed by atoms with Gasteiger partial charge in [0.15, 0.2) is 11.6 Å². The first-order valence-corrected chi connectivity index (χ1v) is 9.93. The summed E-state index contributed by atoms with van der Waals surface area (Å²) in [6, 6.07) is 11.1. The van der Waals surface area contributed by atoms with Crippen LogP contribution in [-0.4, -0.2) is 35.6 Å². The molecule has 0 radical (unpaired) electrons. The molecular weight excluding hydrogens is 411 g/mol. The average molecular weight is 432 g/mol. The number of pyridine rings is 1. The lowest BCUT2D eigenvalue weighted by atomic mass is 10.1. The number of nitrogens with zero attached hydrogens (tertiary/aromatic N) is 6. The summed E-state index contributed by atoms with van der Waals surface area (Å²) in [6.45, 7) is 2.09. The quantitative estimate of drug-likeness (QED) is 0.462. The number of carbonyl (C=O) groups is 1. The van der Waals surface area contributed by atoms with Crippen LogP contribution in [0.3, 0.4) is 0 Å². The van der Waals surface area contributed by atoms with Crippen molar-refractivity contribution in [2.24, 2.45) is 7.05 Å². The maximum absolute atomic E-state index is 13.9. The topological polar surface area (TPSA) is 111 Å². The van der Waals surface area contributed by atoms with Gasteiger partial charge in [0.2, 0.25) is 0 Å². The summed E-state index contributed by atoms with van der Waals surface area (Å²) in [5, 5.41) is 14.4. The molecule has 4 rings (SSSR count). The van der Waals surface area contributed by atoms with E-state index < -0.39 is 11.9 Å². The SMILES string of the molecule is CC(NC(=O)c1cccc(NCc2nnc(-c3ccncn3)n2C)c1)c1ncccc1F. The second kappa shape index (κ2) is 9.29. The van der Waals surface area contributed by atoms with Crippen LogP contribution in [0.2, 0.25) is 0 Å². The van der Waals surface area contributed by atoms with Gasteiger partial charge in [-0.25, -0.2) is 14.4 Å². The molecule has 0 aliphatic carbocycles. The Labute approximate surface area is 183 Å². The van der Waals surface area contributed by atoms with Gasteiger partial charge in [0.05, 0.1) is 18.3 Å². The molecule has 3 heterocycles. The van der Waals surface area contributed by atoms with E-state index in [1.54, 1.807) is 37.4 Å². The van der Waals surface area contributed by atoms with Crippen molar-refractivity contribution in [1.82, 2.24) is 35.0 Å². The Balaban J connectivity index is 1.42. The summed E-state index contributed by atoms with van der Waals surface area (Å²) < 4.78 is 15.8. The van der Waals surface area contributed by atoms with Gasteiger partial charge in [-0.3, -0.25) is 9.78 Å². The number of amides is 1. The summed E-state index contributed by atoms with van der Waals surface area (Å²) in [5.74, 6) is 0.553. The van der Waals surface area contributed by atoms with Crippen molar-refractivity contribution in [1.29, 1.82) is 0 Å². The predicted octanol–water partition coefficient (Wildman–Crippen LogP) is 2.91. The average Bonchev–Trinajstić information content (AvgIpc) is 3.19. The number of nitrogens with one attached hydrogen (secondary N) is 2. The van der Waals surface area contributed by atoms with Crippen molar-refractivity contribution in [3.63, 3.8) is 0 Å². The Bertz CT molecular complexity index is 1230. The first-order valence-electron chi connectivity index (χ1n) is 9.93. The third-order valence-corrected chi connectivity index (χ3v) is 4.90. The van der Waals surface area contributed by atoms with Crippen LogP contribution in [0.15, 0.2) is 61.2 Å². The Kier molecular flexibility index (Phi) is 6.11. The van der Waals surface area contributed by atoms with Crippen LogP contribution < -0.4 is 10.6 Å². The van der Waals surface area contributed by atoms with Gasteiger partial charge in [0, 0.05) is 30.7 Å². The van der Waals surface area contributed by atoms with Gasteiger partial charge in [0.25, 0.3) is 5.91 Å². The summed E-state index contributed by atoms with van der Waals surface area (Å²) in [6.07, 6.45) is 4.60. The zero-order chi connectivity index (χ0) is 22.5. The van der Waals surface area contributed by atoms with Gasteiger partial charge in [-0.2, -0.15) is 0 Å². The standard InChI is InChI=1S/C22H21FN8O/c1-14(20-17(23)7-4-9-25-20)28-22(32)15-5-3-6-16(11-15)26-12-19-29-30-21(31(19)2)18-8-10-24-13-27-18/h3-11,13-14,26H,12H2,1-2H3,(H,28,32). The second-order valence-electron chi connectivity index (χ2n) is 7.09. The van der Waals surface area contributed by atoms with Crippen LogP contribution in [0.4, 0.5) is 10.1 Å². The minimum absolute atomic E-state index is 0.192. The Hall–Kier alpha value is -4.21. The normalized spacial score (nSPS) is 11.7. The number of aromatic nitrogens is 6. The minimum Gasteiger partial charge on any atom is -0.378 e. The monoisotopic (exact) mass is 432 g/mol. The van der Waals surface area contributed by atoms with E-state index in [-0.39, 0.29) is 11.6 Å². The highest BCUT2D eigenvalue weighted by Gasteiger charge is 2.16. The maximum Gasteiger partial charge on any atom is 0.251 e. The molecule has 0 saturated carbocycles. The van der Waals surface area contributed by atoms with Crippen molar-refractivity contribution in [3.8, 4) is 11.5 Å². The lowest BCUT2D eigenvalue weighted by molar-refractivity contribution is 0.0938. The number of anilines is 1. The lowest BCUT2D eigenvalue weighted by Crippen LogP contribution is -2.28. The third kappa shape index (κ3) is 4.59. The fourth-order valence-corrected chi connectivity index (χ4v) is 3.18. The van der Waals surface area contributed by atoms with Crippen LogP contribution in [-0.2, 0) is 13.6 Å². The molecule has 0 saturated heterocycles. The molecule has 1 unspecified atom stereocenters. The fourth-order valence-electron chi connectivity index (χ4n) is 3.18. The molecule has 3 aromatic heterocycles. The number of halogens is 1. The molecule has 1 amide bonds. The van der Waals surface area contributed by atoms with E-state index in [0.29, 0.717) is 29.5 Å². The van der Waals surface area contributed by atoms with Gasteiger partial charge in [-0.05, 0) is 43.3 Å². The first-order chi connectivity index (χ1) is 15.5. The Morgan fingerprint density at radius 1 is 1.12 bits per heavy atom. The van der Waals surface area contributed by atoms with Gasteiger partial charge in [-0.1, -0.05) is 6.07 Å². The molecule has 1 atom stereocenters. The van der Waals surface area contributed by atoms with E-state index in [9.17, 15) is 9.18 Å². The predicted molar refractivity (Wildman–Crippen MR) is 116 cm³/mol. The zero-order valence-electron chi connectivity index (χ0n) is 17.5. The minimum atomic E-state index is -0.570. The molecule has 2 N–H and O–H groups in total. The lowest BCUT2D eigenvalue weighted by Gasteiger charge is -2.14. The highest BCUT2D eigenvalue weighted by molar-refractivity contribution is 5.95. The van der Waals surface area contributed by atoms with Gasteiger partial charge in [0.1, 0.15) is 17.8 Å². The molecule has 1 aromatic carbocycles. The Morgan fingerprint density at radius 2 is 2.00 bits per heavy atom. The smallest absolute Gasteiger partial charge is 0.251 e. The van der Waals surface area contributed by atoms with Crippen molar-refractivity contribution < 1.29 is 9.18 Å². The van der Waals surface area contributed by atoms with Crippen LogP contribution in [0.1, 0.15) is 34.8 Å². The third-order valence-electron chi connectivity index (χ3n) is 4.90. The molecule has 0 bridgehead atoms. The van der Waals surface area contributed by atoms with Crippen LogP contribution in [0, 0.1) is 5.82 Å². The fraction of sp³-hybridized carbons (Fsp3) is 0.182. The summed E-state index contributed by atoms with van der Waals surface area (Å²) in [5.41, 5.74) is 2.05. The van der Waals surface area contributed by atoms with Gasteiger partial charge >= 0.3 is 0 Å². The highest BCUT2D eigenvalue weighted by atomic mass is 19.1. The molecule has 4 aromatic rings. The van der Waals surface area contributed by atoms with Crippen molar-refractivity contribution >= 4 is 11.6 Å². The van der Waals surface area contributed by atoms with E-state index in [2.05, 4.69) is 35.8 Å². The summed E-state index contributed by atoms with van der Waals surface area (Å²) in [4.78, 5) is 24.8. The van der Waals surface area contributed by atoms with E-state index >= 15 is 0 Å². The number of carbonyl (C=O) groups excluding carboxylic acids is 1. The van der Waals surface area contributed by atoms with Crippen molar-refractivity contribution in [3.05, 3.63) is 84.1 Å². The molecule has 0 fully saturated rings. The zero-order valence-corrected chi connectivity index (χ0v) is 17.5. The van der Waals surface area contributed by atoms with E-state index in [1.807, 2.05) is 17.7 Å². The van der Waals surface area contributed by atoms with Crippen molar-refractivity contribution in [2.75, 3.05) is 5.32 Å². The van der Waals surface area contributed by atoms with E-state index in [4.69, 9.17) is 0 Å². The van der Waals surface area contributed by atoms with Gasteiger partial charge < -0.3 is 15.2 Å². The molecular formula is C22H21FN8O. The first kappa shape index (κ1) is 21.0.